The van der Waals surface area contributed by atoms with E-state index in [1.165, 1.54) is 49.8 Å². The van der Waals surface area contributed by atoms with E-state index in [-0.39, 0.29) is 5.79 Å². The summed E-state index contributed by atoms with van der Waals surface area (Å²) in [6, 6.07) is 9.50. The van der Waals surface area contributed by atoms with Crippen molar-refractivity contribution in [2.75, 3.05) is 32.2 Å². The number of fused-ring (bicyclic) bond motifs is 4. The number of benzene rings is 1. The maximum atomic E-state index is 6.17. The fourth-order valence-corrected chi connectivity index (χ4v) is 8.61. The van der Waals surface area contributed by atoms with E-state index in [4.69, 9.17) is 9.47 Å². The lowest BCUT2D eigenvalue weighted by Gasteiger charge is -2.53. The molecule has 1 spiro atoms. The van der Waals surface area contributed by atoms with Crippen LogP contribution in [0.1, 0.15) is 76.7 Å². The summed E-state index contributed by atoms with van der Waals surface area (Å²) in [4.78, 5) is 2.21. The van der Waals surface area contributed by atoms with Gasteiger partial charge in [0.1, 0.15) is 0 Å². The highest BCUT2D eigenvalue weighted by Gasteiger charge is 2.56. The summed E-state index contributed by atoms with van der Waals surface area (Å²) in [5.74, 6) is 2.50. The van der Waals surface area contributed by atoms with Crippen LogP contribution in [0.5, 0.6) is 0 Å². The second-order valence-electron chi connectivity index (χ2n) is 11.8. The molecule has 5 atom stereocenters. The van der Waals surface area contributed by atoms with Gasteiger partial charge in [0, 0.05) is 38.5 Å². The van der Waals surface area contributed by atoms with Crippen molar-refractivity contribution >= 4 is 5.69 Å². The number of rotatable bonds is 2. The van der Waals surface area contributed by atoms with Gasteiger partial charge in [-0.25, -0.2) is 0 Å². The lowest BCUT2D eigenvalue weighted by molar-refractivity contribution is -0.181. The monoisotopic (exact) mass is 447 g/mol. The summed E-state index contributed by atoms with van der Waals surface area (Å²) in [5.41, 5.74) is 8.55. The lowest BCUT2D eigenvalue weighted by atomic mass is 9.52. The predicted molar refractivity (Wildman–Crippen MR) is 134 cm³/mol. The quantitative estimate of drug-likeness (QED) is 0.463. The molecule has 0 radical (unpaired) electrons. The van der Waals surface area contributed by atoms with E-state index in [1.807, 2.05) is 5.57 Å². The van der Waals surface area contributed by atoms with Gasteiger partial charge >= 0.3 is 0 Å². The Morgan fingerprint density at radius 3 is 2.42 bits per heavy atom. The van der Waals surface area contributed by atoms with Gasteiger partial charge in [0.05, 0.1) is 13.2 Å². The van der Waals surface area contributed by atoms with E-state index in [0.29, 0.717) is 17.3 Å². The standard InChI is InChI=1S/C30H41NO2/c1-5-22-9-13-27-25-12-8-21-18-30(32-16-17-33-30)15-14-24(21)28(25)26(19-29(22,27)2)20-6-10-23(11-7-20)31(3)4/h5-7,10-11,21,25-27H,8-9,12-19H2,1-4H3/t21-,25-,26-,27-,29+/m0/s1. The van der Waals surface area contributed by atoms with Crippen LogP contribution in [-0.2, 0) is 9.47 Å². The third-order valence-electron chi connectivity index (χ3n) is 10.2. The summed E-state index contributed by atoms with van der Waals surface area (Å²) in [6.45, 7) is 6.42. The van der Waals surface area contributed by atoms with Crippen molar-refractivity contribution in [3.63, 3.8) is 0 Å². The Morgan fingerprint density at radius 1 is 0.970 bits per heavy atom. The van der Waals surface area contributed by atoms with Crippen LogP contribution in [0.15, 0.2) is 47.1 Å². The second kappa shape index (κ2) is 7.99. The molecule has 4 aliphatic carbocycles. The smallest absolute Gasteiger partial charge is 0.169 e. The van der Waals surface area contributed by atoms with Crippen LogP contribution in [-0.4, -0.2) is 33.1 Å². The van der Waals surface area contributed by atoms with Crippen molar-refractivity contribution in [1.29, 1.82) is 0 Å². The lowest BCUT2D eigenvalue weighted by Crippen LogP contribution is -2.45. The average molecular weight is 448 g/mol. The molecular formula is C30H41NO2. The molecule has 0 aromatic heterocycles. The highest BCUT2D eigenvalue weighted by Crippen LogP contribution is 2.66. The number of ether oxygens (including phenoxy) is 2. The predicted octanol–water partition coefficient (Wildman–Crippen LogP) is 6.85. The Morgan fingerprint density at radius 2 is 1.73 bits per heavy atom. The van der Waals surface area contributed by atoms with Crippen molar-refractivity contribution in [2.45, 2.75) is 76.9 Å². The van der Waals surface area contributed by atoms with Crippen LogP contribution < -0.4 is 4.90 Å². The summed E-state index contributed by atoms with van der Waals surface area (Å²) in [7, 11) is 4.27. The van der Waals surface area contributed by atoms with E-state index in [0.717, 1.165) is 37.9 Å². The van der Waals surface area contributed by atoms with Crippen LogP contribution in [0.2, 0.25) is 0 Å². The SMILES string of the molecule is CC=C1CC[C@H]2[C@@H]3CC[C@H]4CC5(CCC4=C3[C@H](c3ccc(N(C)C)cc3)C[C@]12C)OCCO5. The number of hydrogen-bond donors (Lipinski definition) is 0. The molecule has 3 saturated carbocycles. The number of nitrogens with zero attached hydrogens (tertiary/aromatic N) is 1. The van der Waals surface area contributed by atoms with Gasteiger partial charge in [-0.15, -0.1) is 0 Å². The molecule has 1 heterocycles. The molecule has 0 amide bonds. The zero-order valence-corrected chi connectivity index (χ0v) is 21.0. The molecule has 6 rings (SSSR count). The van der Waals surface area contributed by atoms with E-state index in [2.05, 4.69) is 63.2 Å². The zero-order valence-electron chi connectivity index (χ0n) is 21.0. The van der Waals surface area contributed by atoms with Gasteiger partial charge in [-0.2, -0.15) is 0 Å². The first-order chi connectivity index (χ1) is 15.9. The van der Waals surface area contributed by atoms with Crippen LogP contribution in [0, 0.1) is 23.2 Å². The highest BCUT2D eigenvalue weighted by molar-refractivity contribution is 5.49. The number of anilines is 1. The molecule has 0 unspecified atom stereocenters. The van der Waals surface area contributed by atoms with Gasteiger partial charge in [0.2, 0.25) is 0 Å². The van der Waals surface area contributed by atoms with Gasteiger partial charge in [-0.05, 0) is 86.3 Å². The molecule has 3 heteroatoms. The topological polar surface area (TPSA) is 21.7 Å². The molecular weight excluding hydrogens is 406 g/mol. The number of allylic oxidation sites excluding steroid dienone is 4. The molecule has 1 aromatic rings. The molecule has 1 aromatic carbocycles. The minimum Gasteiger partial charge on any atom is -0.378 e. The van der Waals surface area contributed by atoms with Crippen molar-refractivity contribution in [3.05, 3.63) is 52.6 Å². The van der Waals surface area contributed by atoms with Crippen molar-refractivity contribution < 1.29 is 9.47 Å². The fraction of sp³-hybridized carbons (Fsp3) is 0.667. The van der Waals surface area contributed by atoms with Crippen molar-refractivity contribution in [1.82, 2.24) is 0 Å². The Balaban J connectivity index is 1.43. The Labute approximate surface area is 200 Å². The zero-order chi connectivity index (χ0) is 22.8. The van der Waals surface area contributed by atoms with Gasteiger partial charge in [0.15, 0.2) is 5.79 Å². The van der Waals surface area contributed by atoms with Gasteiger partial charge in [-0.1, -0.05) is 41.9 Å². The third-order valence-corrected chi connectivity index (χ3v) is 10.2. The van der Waals surface area contributed by atoms with Crippen LogP contribution in [0.25, 0.3) is 0 Å². The summed E-state index contributed by atoms with van der Waals surface area (Å²) in [5, 5.41) is 0. The Kier molecular flexibility index (Phi) is 5.30. The minimum absolute atomic E-state index is 0.279. The maximum absolute atomic E-state index is 6.17. The van der Waals surface area contributed by atoms with Gasteiger partial charge in [-0.3, -0.25) is 0 Å². The largest absolute Gasteiger partial charge is 0.378 e. The maximum Gasteiger partial charge on any atom is 0.169 e. The van der Waals surface area contributed by atoms with E-state index < -0.39 is 0 Å². The second-order valence-corrected chi connectivity index (χ2v) is 11.8. The first-order valence-corrected chi connectivity index (χ1v) is 13.4. The van der Waals surface area contributed by atoms with Gasteiger partial charge in [0.25, 0.3) is 0 Å². The normalized spacial score (nSPS) is 38.4. The Hall–Kier alpha value is -1.58. The Bertz CT molecular complexity index is 968. The molecule has 0 N–H and O–H groups in total. The van der Waals surface area contributed by atoms with Crippen LogP contribution >= 0.6 is 0 Å². The molecule has 1 aliphatic heterocycles. The fourth-order valence-electron chi connectivity index (χ4n) is 8.61. The molecule has 178 valence electrons. The minimum atomic E-state index is -0.279. The molecule has 33 heavy (non-hydrogen) atoms. The molecule has 4 fully saturated rings. The van der Waals surface area contributed by atoms with E-state index in [1.54, 1.807) is 11.1 Å². The molecule has 1 saturated heterocycles. The number of hydrogen-bond acceptors (Lipinski definition) is 3. The average Bonchev–Trinajstić information content (AvgIpc) is 3.41. The van der Waals surface area contributed by atoms with Crippen LogP contribution in [0.4, 0.5) is 5.69 Å². The molecule has 0 bridgehead atoms. The summed E-state index contributed by atoms with van der Waals surface area (Å²) >= 11 is 0. The van der Waals surface area contributed by atoms with Gasteiger partial charge < -0.3 is 14.4 Å². The first kappa shape index (κ1) is 21.9. The highest BCUT2D eigenvalue weighted by atomic mass is 16.7. The molecule has 5 aliphatic rings. The van der Waals surface area contributed by atoms with E-state index >= 15 is 0 Å². The van der Waals surface area contributed by atoms with Crippen molar-refractivity contribution in [3.8, 4) is 0 Å². The van der Waals surface area contributed by atoms with E-state index in [9.17, 15) is 0 Å². The van der Waals surface area contributed by atoms with Crippen LogP contribution in [0.3, 0.4) is 0 Å². The van der Waals surface area contributed by atoms with Crippen molar-refractivity contribution in [2.24, 2.45) is 23.2 Å². The summed E-state index contributed by atoms with van der Waals surface area (Å²) < 4.78 is 12.3. The first-order valence-electron chi connectivity index (χ1n) is 13.4. The third kappa shape index (κ3) is 3.37. The summed E-state index contributed by atoms with van der Waals surface area (Å²) in [6.07, 6.45) is 12.4. The molecule has 3 nitrogen and oxygen atoms in total.